The van der Waals surface area contributed by atoms with Gasteiger partial charge in [-0.05, 0) is 42.9 Å². The van der Waals surface area contributed by atoms with Crippen molar-refractivity contribution >= 4 is 5.78 Å². The minimum Gasteiger partial charge on any atom is -0.494 e. The van der Waals surface area contributed by atoms with E-state index in [9.17, 15) is 15.0 Å². The van der Waals surface area contributed by atoms with E-state index in [1.165, 1.54) is 4.57 Å². The minimum atomic E-state index is -0.0633. The average Bonchev–Trinajstić information content (AvgIpc) is 3.09. The van der Waals surface area contributed by atoms with Gasteiger partial charge in [-0.1, -0.05) is 36.4 Å². The zero-order chi connectivity index (χ0) is 17.1. The Morgan fingerprint density at radius 1 is 0.760 bits per heavy atom. The molecule has 0 saturated carbocycles. The summed E-state index contributed by atoms with van der Waals surface area (Å²) in [5, 5.41) is 21.5. The molecule has 2 N–H and O–H groups in total. The third-order valence-electron chi connectivity index (χ3n) is 5.40. The second-order valence-electron chi connectivity index (χ2n) is 6.72. The molecule has 0 aliphatic heterocycles. The van der Waals surface area contributed by atoms with E-state index in [1.807, 2.05) is 36.4 Å². The van der Waals surface area contributed by atoms with Gasteiger partial charge in [0.05, 0.1) is 11.3 Å². The van der Waals surface area contributed by atoms with E-state index < -0.39 is 0 Å². The van der Waals surface area contributed by atoms with E-state index >= 15 is 0 Å². The summed E-state index contributed by atoms with van der Waals surface area (Å²) in [6.45, 7) is 0. The van der Waals surface area contributed by atoms with Gasteiger partial charge in [-0.15, -0.1) is 0 Å². The molecule has 0 fully saturated rings. The van der Waals surface area contributed by atoms with Crippen LogP contribution in [0.5, 0.6) is 11.8 Å². The van der Waals surface area contributed by atoms with E-state index in [2.05, 4.69) is 0 Å². The molecule has 0 spiro atoms. The third kappa shape index (κ3) is 1.79. The molecule has 25 heavy (non-hydrogen) atoms. The topological polar surface area (TPSA) is 62.5 Å². The van der Waals surface area contributed by atoms with Crippen LogP contribution < -0.4 is 0 Å². The smallest absolute Gasteiger partial charge is 0.202 e. The van der Waals surface area contributed by atoms with E-state index in [-0.39, 0.29) is 17.5 Å². The Bertz CT molecular complexity index is 1020. The summed E-state index contributed by atoms with van der Waals surface area (Å²) in [6.07, 6.45) is 3.51. The van der Waals surface area contributed by atoms with Gasteiger partial charge in [-0.2, -0.15) is 0 Å². The molecule has 4 heteroatoms. The SMILES string of the molecule is O=C1c2ccccc2-c2cccc(-n3c(O)c4c(c3O)CCCC4)c21. The Labute approximate surface area is 145 Å². The monoisotopic (exact) mass is 331 g/mol. The molecule has 3 aromatic rings. The molecule has 0 saturated heterocycles. The Kier molecular flexibility index (Phi) is 2.86. The summed E-state index contributed by atoms with van der Waals surface area (Å²) in [5.74, 6) is 0.0559. The number of ketones is 1. The van der Waals surface area contributed by atoms with Crippen molar-refractivity contribution in [1.82, 2.24) is 4.57 Å². The van der Waals surface area contributed by atoms with E-state index in [4.69, 9.17) is 0 Å². The Hall–Kier alpha value is -3.01. The Morgan fingerprint density at radius 3 is 2.04 bits per heavy atom. The van der Waals surface area contributed by atoms with Gasteiger partial charge in [-0.3, -0.25) is 9.36 Å². The number of aromatic nitrogens is 1. The highest BCUT2D eigenvalue weighted by molar-refractivity contribution is 6.23. The van der Waals surface area contributed by atoms with Gasteiger partial charge in [-0.25, -0.2) is 0 Å². The third-order valence-corrected chi connectivity index (χ3v) is 5.40. The summed E-state index contributed by atoms with van der Waals surface area (Å²) in [5.41, 5.74) is 5.13. The molecule has 0 unspecified atom stereocenters. The summed E-state index contributed by atoms with van der Waals surface area (Å²) in [4.78, 5) is 13.0. The molecule has 2 aromatic carbocycles. The zero-order valence-electron chi connectivity index (χ0n) is 13.6. The maximum Gasteiger partial charge on any atom is 0.202 e. The molecule has 1 aromatic heterocycles. The van der Waals surface area contributed by atoms with Gasteiger partial charge in [0.15, 0.2) is 5.78 Å². The number of carbonyl (C=O) groups is 1. The first-order valence-corrected chi connectivity index (χ1v) is 8.60. The van der Waals surface area contributed by atoms with Crippen LogP contribution in [-0.2, 0) is 12.8 Å². The van der Waals surface area contributed by atoms with E-state index in [1.54, 1.807) is 6.07 Å². The molecule has 0 amide bonds. The lowest BCUT2D eigenvalue weighted by Crippen LogP contribution is -2.04. The first kappa shape index (κ1) is 14.3. The molecule has 0 bridgehead atoms. The Morgan fingerprint density at radius 2 is 1.36 bits per heavy atom. The van der Waals surface area contributed by atoms with Crippen LogP contribution in [0, 0.1) is 0 Å². The number of carbonyl (C=O) groups excluding carboxylic acids is 1. The highest BCUT2D eigenvalue weighted by atomic mass is 16.3. The quantitative estimate of drug-likeness (QED) is 0.554. The molecule has 2 aliphatic rings. The van der Waals surface area contributed by atoms with Crippen LogP contribution in [0.1, 0.15) is 39.9 Å². The fourth-order valence-corrected chi connectivity index (χ4v) is 4.24. The van der Waals surface area contributed by atoms with Gasteiger partial charge in [0.25, 0.3) is 0 Å². The first-order valence-electron chi connectivity index (χ1n) is 8.60. The fraction of sp³-hybridized carbons (Fsp3) is 0.190. The molecule has 5 rings (SSSR count). The molecule has 124 valence electrons. The normalized spacial score (nSPS) is 15.0. The van der Waals surface area contributed by atoms with Crippen LogP contribution in [0.25, 0.3) is 16.8 Å². The zero-order valence-corrected chi connectivity index (χ0v) is 13.6. The van der Waals surface area contributed by atoms with Crippen molar-refractivity contribution in [1.29, 1.82) is 0 Å². The number of fused-ring (bicyclic) bond motifs is 4. The van der Waals surface area contributed by atoms with Crippen LogP contribution in [-0.4, -0.2) is 20.6 Å². The predicted molar refractivity (Wildman–Crippen MR) is 94.6 cm³/mol. The highest BCUT2D eigenvalue weighted by Gasteiger charge is 2.32. The van der Waals surface area contributed by atoms with Crippen molar-refractivity contribution in [2.75, 3.05) is 0 Å². The second kappa shape index (κ2) is 4.99. The second-order valence-corrected chi connectivity index (χ2v) is 6.72. The molecular formula is C21H17NO3. The van der Waals surface area contributed by atoms with Gasteiger partial charge < -0.3 is 10.2 Å². The summed E-state index contributed by atoms with van der Waals surface area (Å²) >= 11 is 0. The number of nitrogens with zero attached hydrogens (tertiary/aromatic N) is 1. The van der Waals surface area contributed by atoms with Gasteiger partial charge in [0.2, 0.25) is 11.8 Å². The highest BCUT2D eigenvalue weighted by Crippen LogP contribution is 2.45. The number of rotatable bonds is 1. The molecule has 0 atom stereocenters. The summed E-state index contributed by atoms with van der Waals surface area (Å²) in [6, 6.07) is 13.1. The summed E-state index contributed by atoms with van der Waals surface area (Å²) in [7, 11) is 0. The lowest BCUT2D eigenvalue weighted by atomic mass is 9.95. The number of hydrogen-bond donors (Lipinski definition) is 2. The molecule has 0 radical (unpaired) electrons. The number of hydrogen-bond acceptors (Lipinski definition) is 3. The Balaban J connectivity index is 1.80. The fourth-order valence-electron chi connectivity index (χ4n) is 4.24. The van der Waals surface area contributed by atoms with E-state index in [0.717, 1.165) is 47.9 Å². The van der Waals surface area contributed by atoms with E-state index in [0.29, 0.717) is 16.8 Å². The first-order chi connectivity index (χ1) is 12.2. The van der Waals surface area contributed by atoms with Crippen molar-refractivity contribution < 1.29 is 15.0 Å². The van der Waals surface area contributed by atoms with Gasteiger partial charge in [0.1, 0.15) is 0 Å². The lowest BCUT2D eigenvalue weighted by molar-refractivity contribution is 0.104. The lowest BCUT2D eigenvalue weighted by Gasteiger charge is -2.11. The summed E-state index contributed by atoms with van der Waals surface area (Å²) < 4.78 is 1.44. The maximum atomic E-state index is 13.0. The largest absolute Gasteiger partial charge is 0.494 e. The predicted octanol–water partition coefficient (Wildman–Crippen LogP) is 3.98. The average molecular weight is 331 g/mol. The van der Waals surface area contributed by atoms with Crippen LogP contribution >= 0.6 is 0 Å². The van der Waals surface area contributed by atoms with Crippen molar-refractivity contribution in [3.05, 3.63) is 64.7 Å². The van der Waals surface area contributed by atoms with Crippen molar-refractivity contribution in [3.8, 4) is 28.6 Å². The maximum absolute atomic E-state index is 13.0. The van der Waals surface area contributed by atoms with Gasteiger partial charge in [0, 0.05) is 16.7 Å². The number of aromatic hydroxyl groups is 2. The molecule has 1 heterocycles. The van der Waals surface area contributed by atoms with Crippen molar-refractivity contribution in [2.24, 2.45) is 0 Å². The molecule has 4 nitrogen and oxygen atoms in total. The molecule has 2 aliphatic carbocycles. The van der Waals surface area contributed by atoms with Gasteiger partial charge >= 0.3 is 0 Å². The van der Waals surface area contributed by atoms with Crippen LogP contribution in [0.15, 0.2) is 42.5 Å². The molecular weight excluding hydrogens is 314 g/mol. The van der Waals surface area contributed by atoms with Crippen LogP contribution in [0.4, 0.5) is 0 Å². The van der Waals surface area contributed by atoms with Crippen LogP contribution in [0.2, 0.25) is 0 Å². The van der Waals surface area contributed by atoms with Crippen molar-refractivity contribution in [2.45, 2.75) is 25.7 Å². The van der Waals surface area contributed by atoms with Crippen molar-refractivity contribution in [3.63, 3.8) is 0 Å². The number of benzene rings is 2. The standard InChI is InChI=1S/C21H17NO3/c23-19-14-7-2-1-6-12(14)13-10-5-11-17(18(13)19)22-20(24)15-8-3-4-9-16(15)21(22)25/h1-2,5-7,10-11,24-25H,3-4,8-9H2. The minimum absolute atomic E-state index is 0.0596. The van der Waals surface area contributed by atoms with Crippen LogP contribution in [0.3, 0.4) is 0 Å².